The topological polar surface area (TPSA) is 82.1 Å². The zero-order valence-corrected chi connectivity index (χ0v) is 12.3. The van der Waals surface area contributed by atoms with E-state index < -0.39 is 12.0 Å². The molecular weight excluding hydrogens is 262 g/mol. The van der Waals surface area contributed by atoms with E-state index in [-0.39, 0.29) is 12.6 Å². The molecule has 7 nitrogen and oxygen atoms in total. The largest absolute Gasteiger partial charge is 0.480 e. The van der Waals surface area contributed by atoms with Gasteiger partial charge >= 0.3 is 12.0 Å². The maximum atomic E-state index is 12.0. The third-order valence-electron chi connectivity index (χ3n) is 3.37. The van der Waals surface area contributed by atoms with Crippen LogP contribution in [-0.2, 0) is 9.53 Å². The van der Waals surface area contributed by atoms with E-state index in [9.17, 15) is 9.59 Å². The second-order valence-electron chi connectivity index (χ2n) is 4.79. The van der Waals surface area contributed by atoms with E-state index in [2.05, 4.69) is 24.1 Å². The number of hydrogen-bond donors (Lipinski definition) is 2. The number of morpholine rings is 1. The molecule has 1 aliphatic rings. The Kier molecular flexibility index (Phi) is 7.32. The molecule has 1 unspecified atom stereocenters. The lowest BCUT2D eigenvalue weighted by atomic mass is 10.2. The van der Waals surface area contributed by atoms with Crippen molar-refractivity contribution in [1.82, 2.24) is 15.1 Å². The monoisotopic (exact) mass is 287 g/mol. The predicted molar refractivity (Wildman–Crippen MR) is 74.8 cm³/mol. The zero-order chi connectivity index (χ0) is 15.0. The number of likely N-dealkylation sites (N-methyl/N-ethyl adjacent to an activating group) is 1. The van der Waals surface area contributed by atoms with Gasteiger partial charge in [-0.3, -0.25) is 0 Å². The summed E-state index contributed by atoms with van der Waals surface area (Å²) in [5.74, 6) is -1.03. The normalized spacial score (nSPS) is 19.1. The number of urea groups is 1. The number of ether oxygens (including phenoxy) is 1. The van der Waals surface area contributed by atoms with Crippen LogP contribution < -0.4 is 5.32 Å². The molecule has 0 saturated carbocycles. The summed E-state index contributed by atoms with van der Waals surface area (Å²) >= 11 is 0. The molecule has 0 aliphatic carbocycles. The molecule has 1 heterocycles. The van der Waals surface area contributed by atoms with Crippen LogP contribution in [0.2, 0.25) is 0 Å². The second kappa shape index (κ2) is 8.76. The van der Waals surface area contributed by atoms with Gasteiger partial charge in [-0.2, -0.15) is 0 Å². The van der Waals surface area contributed by atoms with Gasteiger partial charge in [0, 0.05) is 19.6 Å². The van der Waals surface area contributed by atoms with Gasteiger partial charge in [-0.25, -0.2) is 9.59 Å². The average Bonchev–Trinajstić information content (AvgIpc) is 2.46. The number of carbonyl (C=O) groups is 2. The third-order valence-corrected chi connectivity index (χ3v) is 3.37. The second-order valence-corrected chi connectivity index (χ2v) is 4.79. The maximum absolute atomic E-state index is 12.0. The quantitative estimate of drug-likeness (QED) is 0.699. The first kappa shape index (κ1) is 16.7. The number of carboxylic acids is 1. The van der Waals surface area contributed by atoms with Crippen LogP contribution in [0.15, 0.2) is 0 Å². The van der Waals surface area contributed by atoms with E-state index in [1.54, 1.807) is 0 Å². The fraction of sp³-hybridized carbons (Fsp3) is 0.846. The summed E-state index contributed by atoms with van der Waals surface area (Å²) < 4.78 is 5.11. The molecule has 1 fully saturated rings. The van der Waals surface area contributed by atoms with E-state index in [1.165, 1.54) is 4.90 Å². The Hall–Kier alpha value is -1.34. The molecule has 20 heavy (non-hydrogen) atoms. The van der Waals surface area contributed by atoms with Gasteiger partial charge in [-0.15, -0.1) is 0 Å². The van der Waals surface area contributed by atoms with Crippen molar-refractivity contribution in [2.24, 2.45) is 0 Å². The molecule has 0 aromatic heterocycles. The van der Waals surface area contributed by atoms with Gasteiger partial charge in [0.2, 0.25) is 0 Å². The molecule has 7 heteroatoms. The van der Waals surface area contributed by atoms with Crippen molar-refractivity contribution < 1.29 is 19.4 Å². The Bertz CT molecular complexity index is 325. The minimum absolute atomic E-state index is 0.0552. The molecule has 1 saturated heterocycles. The van der Waals surface area contributed by atoms with Gasteiger partial charge in [0.1, 0.15) is 0 Å². The van der Waals surface area contributed by atoms with Crippen molar-refractivity contribution >= 4 is 12.0 Å². The SMILES string of the molecule is CCCN(CC)CCNC(=O)N1CCOCC1C(=O)O. The van der Waals surface area contributed by atoms with Gasteiger partial charge in [-0.05, 0) is 19.5 Å². The number of aliphatic carboxylic acids is 1. The lowest BCUT2D eigenvalue weighted by molar-refractivity contribution is -0.147. The predicted octanol–water partition coefficient (Wildman–Crippen LogP) is 0.213. The molecule has 2 amide bonds. The van der Waals surface area contributed by atoms with Crippen molar-refractivity contribution in [1.29, 1.82) is 0 Å². The van der Waals surface area contributed by atoms with Crippen LogP contribution in [0.3, 0.4) is 0 Å². The first-order valence-electron chi connectivity index (χ1n) is 7.17. The van der Waals surface area contributed by atoms with Crippen LogP contribution in [0.1, 0.15) is 20.3 Å². The molecule has 0 radical (unpaired) electrons. The van der Waals surface area contributed by atoms with E-state index >= 15 is 0 Å². The highest BCUT2D eigenvalue weighted by Gasteiger charge is 2.32. The lowest BCUT2D eigenvalue weighted by Crippen LogP contribution is -2.56. The molecule has 1 atom stereocenters. The van der Waals surface area contributed by atoms with Crippen LogP contribution in [0.5, 0.6) is 0 Å². The van der Waals surface area contributed by atoms with Gasteiger partial charge in [0.15, 0.2) is 6.04 Å². The van der Waals surface area contributed by atoms with Gasteiger partial charge < -0.3 is 25.0 Å². The molecular formula is C13H25N3O4. The highest BCUT2D eigenvalue weighted by atomic mass is 16.5. The number of carbonyl (C=O) groups excluding carboxylic acids is 1. The van der Waals surface area contributed by atoms with Crippen molar-refractivity contribution in [3.8, 4) is 0 Å². The van der Waals surface area contributed by atoms with Crippen LogP contribution in [0.4, 0.5) is 4.79 Å². The Balaban J connectivity index is 2.38. The Morgan fingerprint density at radius 1 is 1.40 bits per heavy atom. The summed E-state index contributed by atoms with van der Waals surface area (Å²) in [6.07, 6.45) is 1.08. The minimum Gasteiger partial charge on any atom is -0.480 e. The lowest BCUT2D eigenvalue weighted by Gasteiger charge is -2.33. The number of carboxylic acid groups (broad SMARTS) is 1. The summed E-state index contributed by atoms with van der Waals surface area (Å²) in [6, 6.07) is -1.21. The molecule has 0 aromatic carbocycles. The van der Waals surface area contributed by atoms with Gasteiger partial charge in [0.05, 0.1) is 13.2 Å². The minimum atomic E-state index is -1.03. The van der Waals surface area contributed by atoms with Crippen molar-refractivity contribution in [2.45, 2.75) is 26.3 Å². The first-order valence-corrected chi connectivity index (χ1v) is 7.17. The summed E-state index contributed by atoms with van der Waals surface area (Å²) in [6.45, 7) is 8.20. The van der Waals surface area contributed by atoms with E-state index in [1.807, 2.05) is 0 Å². The molecule has 0 spiro atoms. The van der Waals surface area contributed by atoms with Crippen LogP contribution in [0.25, 0.3) is 0 Å². The average molecular weight is 287 g/mol. The summed E-state index contributed by atoms with van der Waals surface area (Å²) in [5.41, 5.74) is 0. The van der Waals surface area contributed by atoms with E-state index in [4.69, 9.17) is 9.84 Å². The van der Waals surface area contributed by atoms with Crippen LogP contribution in [-0.4, -0.2) is 78.9 Å². The number of nitrogens with zero attached hydrogens (tertiary/aromatic N) is 2. The number of amides is 2. The Morgan fingerprint density at radius 2 is 2.15 bits per heavy atom. The molecule has 0 aromatic rings. The van der Waals surface area contributed by atoms with Gasteiger partial charge in [-0.1, -0.05) is 13.8 Å². The number of rotatable bonds is 7. The van der Waals surface area contributed by atoms with Gasteiger partial charge in [0.25, 0.3) is 0 Å². The molecule has 116 valence electrons. The Morgan fingerprint density at radius 3 is 2.75 bits per heavy atom. The van der Waals surface area contributed by atoms with Crippen molar-refractivity contribution in [3.63, 3.8) is 0 Å². The third kappa shape index (κ3) is 4.97. The standard InChI is InChI=1S/C13H25N3O4/c1-3-6-15(4-2)7-5-14-13(19)16-8-9-20-10-11(16)12(17)18/h11H,3-10H2,1-2H3,(H,14,19)(H,17,18). The summed E-state index contributed by atoms with van der Waals surface area (Å²) in [5, 5.41) is 11.9. The van der Waals surface area contributed by atoms with Crippen LogP contribution in [0, 0.1) is 0 Å². The highest BCUT2D eigenvalue weighted by molar-refractivity contribution is 5.82. The number of hydrogen-bond acceptors (Lipinski definition) is 4. The smallest absolute Gasteiger partial charge is 0.328 e. The fourth-order valence-electron chi connectivity index (χ4n) is 2.22. The fourth-order valence-corrected chi connectivity index (χ4v) is 2.22. The zero-order valence-electron chi connectivity index (χ0n) is 12.3. The first-order chi connectivity index (χ1) is 9.60. The summed E-state index contributed by atoms with van der Waals surface area (Å²) in [7, 11) is 0. The molecule has 0 bridgehead atoms. The number of nitrogens with one attached hydrogen (secondary N) is 1. The molecule has 1 rings (SSSR count). The highest BCUT2D eigenvalue weighted by Crippen LogP contribution is 2.07. The van der Waals surface area contributed by atoms with Crippen LogP contribution >= 0.6 is 0 Å². The molecule has 1 aliphatic heterocycles. The van der Waals surface area contributed by atoms with Crippen molar-refractivity contribution in [2.75, 3.05) is 45.9 Å². The van der Waals surface area contributed by atoms with E-state index in [0.717, 1.165) is 26.1 Å². The van der Waals surface area contributed by atoms with E-state index in [0.29, 0.717) is 19.7 Å². The molecule has 2 N–H and O–H groups in total. The summed E-state index contributed by atoms with van der Waals surface area (Å²) in [4.78, 5) is 26.7. The van der Waals surface area contributed by atoms with Crippen molar-refractivity contribution in [3.05, 3.63) is 0 Å². The Labute approximate surface area is 119 Å². The maximum Gasteiger partial charge on any atom is 0.328 e.